The molecule has 0 spiro atoms. The fourth-order valence-corrected chi connectivity index (χ4v) is 1.87. The predicted molar refractivity (Wildman–Crippen MR) is 77.3 cm³/mol. The molecule has 0 bridgehead atoms. The Hall–Kier alpha value is -1.72. The van der Waals surface area contributed by atoms with Crippen LogP contribution in [-0.2, 0) is 11.3 Å². The summed E-state index contributed by atoms with van der Waals surface area (Å²) in [6.45, 7) is 2.82. The Kier molecular flexibility index (Phi) is 4.87. The Morgan fingerprint density at radius 2 is 2.10 bits per heavy atom. The van der Waals surface area contributed by atoms with Crippen LogP contribution in [-0.4, -0.2) is 23.6 Å². The van der Waals surface area contributed by atoms with Crippen molar-refractivity contribution in [1.29, 1.82) is 0 Å². The van der Waals surface area contributed by atoms with Gasteiger partial charge in [-0.2, -0.15) is 0 Å². The summed E-state index contributed by atoms with van der Waals surface area (Å²) in [5.41, 5.74) is 1.40. The van der Waals surface area contributed by atoms with Gasteiger partial charge in [0.05, 0.1) is 10.7 Å². The van der Waals surface area contributed by atoms with Crippen molar-refractivity contribution in [1.82, 2.24) is 9.97 Å². The molecule has 2 aromatic rings. The van der Waals surface area contributed by atoms with Crippen molar-refractivity contribution in [2.45, 2.75) is 13.5 Å². The molecule has 1 aromatic carbocycles. The minimum Gasteiger partial charge on any atom is -0.374 e. The second-order valence-corrected chi connectivity index (χ2v) is 4.48. The number of hydrogen-bond donors (Lipinski definition) is 1. The molecule has 0 aliphatic carbocycles. The number of ether oxygens (including phenoxy) is 1. The lowest BCUT2D eigenvalue weighted by molar-refractivity contribution is 0.128. The van der Waals surface area contributed by atoms with E-state index in [4.69, 9.17) is 16.3 Å². The van der Waals surface area contributed by atoms with Gasteiger partial charge in [-0.25, -0.2) is 14.4 Å². The fraction of sp³-hybridized carbons (Fsp3) is 0.286. The second-order valence-electron chi connectivity index (χ2n) is 4.07. The maximum atomic E-state index is 13.2. The normalized spacial score (nSPS) is 10.6. The first kappa shape index (κ1) is 14.7. The molecule has 2 rings (SSSR count). The molecule has 0 saturated carbocycles. The monoisotopic (exact) mass is 295 g/mol. The zero-order valence-electron chi connectivity index (χ0n) is 11.3. The molecular formula is C14H15ClFN3O. The Morgan fingerprint density at radius 1 is 1.30 bits per heavy atom. The highest BCUT2D eigenvalue weighted by Gasteiger charge is 2.08. The quantitative estimate of drug-likeness (QED) is 0.917. The van der Waals surface area contributed by atoms with Gasteiger partial charge in [0.15, 0.2) is 5.82 Å². The van der Waals surface area contributed by atoms with E-state index in [9.17, 15) is 4.39 Å². The van der Waals surface area contributed by atoms with Gasteiger partial charge >= 0.3 is 0 Å². The number of benzene rings is 1. The number of halogens is 2. The maximum Gasteiger partial charge on any atom is 0.157 e. The van der Waals surface area contributed by atoms with Crippen molar-refractivity contribution in [2.75, 3.05) is 19.0 Å². The van der Waals surface area contributed by atoms with Gasteiger partial charge in [0, 0.05) is 25.3 Å². The summed E-state index contributed by atoms with van der Waals surface area (Å²) in [6.07, 6.45) is 0. The first-order valence-electron chi connectivity index (χ1n) is 6.23. The number of anilines is 1. The van der Waals surface area contributed by atoms with E-state index in [1.165, 1.54) is 6.07 Å². The van der Waals surface area contributed by atoms with Gasteiger partial charge in [0.25, 0.3) is 0 Å². The summed E-state index contributed by atoms with van der Waals surface area (Å²) in [5, 5.41) is 3.03. The van der Waals surface area contributed by atoms with Gasteiger partial charge < -0.3 is 10.1 Å². The first-order valence-corrected chi connectivity index (χ1v) is 6.60. The molecule has 0 radical (unpaired) electrons. The minimum atomic E-state index is -0.451. The minimum absolute atomic E-state index is 0.0680. The van der Waals surface area contributed by atoms with Gasteiger partial charge in [-0.15, -0.1) is 0 Å². The molecule has 20 heavy (non-hydrogen) atoms. The SMILES string of the molecule is CCOCc1nc(NC)cc(-c2ccc(F)c(Cl)c2)n1. The smallest absolute Gasteiger partial charge is 0.157 e. The predicted octanol–water partition coefficient (Wildman–Crippen LogP) is 3.51. The molecule has 1 aromatic heterocycles. The molecule has 0 fully saturated rings. The molecule has 0 amide bonds. The molecule has 0 aliphatic rings. The van der Waals surface area contributed by atoms with Crippen LogP contribution in [0.4, 0.5) is 10.2 Å². The number of aromatic nitrogens is 2. The van der Waals surface area contributed by atoms with Crippen LogP contribution >= 0.6 is 11.6 Å². The fourth-order valence-electron chi connectivity index (χ4n) is 1.69. The summed E-state index contributed by atoms with van der Waals surface area (Å²) in [6, 6.07) is 6.27. The average Bonchev–Trinajstić information content (AvgIpc) is 2.47. The highest BCUT2D eigenvalue weighted by molar-refractivity contribution is 6.31. The lowest BCUT2D eigenvalue weighted by Gasteiger charge is -2.08. The van der Waals surface area contributed by atoms with E-state index in [1.54, 1.807) is 25.2 Å². The Morgan fingerprint density at radius 3 is 2.75 bits per heavy atom. The first-order chi connectivity index (χ1) is 9.63. The Bertz CT molecular complexity index is 607. The molecule has 106 valence electrons. The lowest BCUT2D eigenvalue weighted by Crippen LogP contribution is -2.04. The topological polar surface area (TPSA) is 47.0 Å². The third-order valence-corrected chi connectivity index (χ3v) is 2.97. The molecule has 6 heteroatoms. The molecule has 1 N–H and O–H groups in total. The molecule has 1 heterocycles. The Balaban J connectivity index is 2.41. The van der Waals surface area contributed by atoms with E-state index in [0.29, 0.717) is 30.5 Å². The standard InChI is InChI=1S/C14H15ClFN3O/c1-3-20-8-14-18-12(7-13(17-2)19-14)9-4-5-11(16)10(15)6-9/h4-7H,3,8H2,1-2H3,(H,17,18,19). The van der Waals surface area contributed by atoms with Crippen molar-refractivity contribution in [3.63, 3.8) is 0 Å². The molecule has 0 unspecified atom stereocenters. The van der Waals surface area contributed by atoms with Crippen LogP contribution in [0.2, 0.25) is 5.02 Å². The zero-order valence-corrected chi connectivity index (χ0v) is 12.0. The van der Waals surface area contributed by atoms with Crippen LogP contribution < -0.4 is 5.32 Å². The summed E-state index contributed by atoms with van der Waals surface area (Å²) in [4.78, 5) is 8.70. The van der Waals surface area contributed by atoms with E-state index >= 15 is 0 Å². The van der Waals surface area contributed by atoms with Crippen molar-refractivity contribution in [3.05, 3.63) is 40.9 Å². The summed E-state index contributed by atoms with van der Waals surface area (Å²) in [5.74, 6) is 0.784. The number of nitrogens with one attached hydrogen (secondary N) is 1. The highest BCUT2D eigenvalue weighted by Crippen LogP contribution is 2.25. The van der Waals surface area contributed by atoms with Crippen LogP contribution in [0, 0.1) is 5.82 Å². The van der Waals surface area contributed by atoms with Crippen molar-refractivity contribution < 1.29 is 9.13 Å². The largest absolute Gasteiger partial charge is 0.374 e. The van der Waals surface area contributed by atoms with Gasteiger partial charge in [0.1, 0.15) is 18.2 Å². The summed E-state index contributed by atoms with van der Waals surface area (Å²) in [7, 11) is 1.77. The van der Waals surface area contributed by atoms with Gasteiger partial charge in [-0.3, -0.25) is 0 Å². The van der Waals surface area contributed by atoms with Gasteiger partial charge in [-0.1, -0.05) is 11.6 Å². The number of hydrogen-bond acceptors (Lipinski definition) is 4. The van der Waals surface area contributed by atoms with E-state index in [0.717, 1.165) is 5.56 Å². The van der Waals surface area contributed by atoms with Gasteiger partial charge in [-0.05, 0) is 25.1 Å². The zero-order chi connectivity index (χ0) is 14.5. The Labute approximate surface area is 122 Å². The van der Waals surface area contributed by atoms with E-state index in [2.05, 4.69) is 15.3 Å². The van der Waals surface area contributed by atoms with Crippen LogP contribution in [0.5, 0.6) is 0 Å². The molecule has 0 saturated heterocycles. The van der Waals surface area contributed by atoms with Crippen LogP contribution in [0.1, 0.15) is 12.7 Å². The third-order valence-electron chi connectivity index (χ3n) is 2.68. The van der Waals surface area contributed by atoms with Crippen molar-refractivity contribution in [3.8, 4) is 11.3 Å². The van der Waals surface area contributed by atoms with Crippen molar-refractivity contribution in [2.24, 2.45) is 0 Å². The molecule has 0 aliphatic heterocycles. The summed E-state index contributed by atoms with van der Waals surface area (Å²) >= 11 is 5.80. The van der Waals surface area contributed by atoms with E-state index in [-0.39, 0.29) is 5.02 Å². The third kappa shape index (κ3) is 3.43. The second kappa shape index (κ2) is 6.63. The van der Waals surface area contributed by atoms with Crippen molar-refractivity contribution >= 4 is 17.4 Å². The molecule has 0 atom stereocenters. The molecular weight excluding hydrogens is 281 g/mol. The van der Waals surface area contributed by atoms with Crippen LogP contribution in [0.3, 0.4) is 0 Å². The summed E-state index contributed by atoms with van der Waals surface area (Å²) < 4.78 is 18.5. The maximum absolute atomic E-state index is 13.2. The van der Waals surface area contributed by atoms with E-state index in [1.807, 2.05) is 6.92 Å². The average molecular weight is 296 g/mol. The van der Waals surface area contributed by atoms with E-state index < -0.39 is 5.82 Å². The van der Waals surface area contributed by atoms with Gasteiger partial charge in [0.2, 0.25) is 0 Å². The van der Waals surface area contributed by atoms with Crippen LogP contribution in [0.25, 0.3) is 11.3 Å². The lowest BCUT2D eigenvalue weighted by atomic mass is 10.1. The van der Waals surface area contributed by atoms with Crippen LogP contribution in [0.15, 0.2) is 24.3 Å². The number of nitrogens with zero attached hydrogens (tertiary/aromatic N) is 2. The highest BCUT2D eigenvalue weighted by atomic mass is 35.5. The molecule has 4 nitrogen and oxygen atoms in total. The number of rotatable bonds is 5.